The zero-order valence-electron chi connectivity index (χ0n) is 40.7. The maximum absolute atomic E-state index is 11.1. The molecule has 0 aliphatic carbocycles. The van der Waals surface area contributed by atoms with Gasteiger partial charge in [0.1, 0.15) is 0 Å². The Balaban J connectivity index is -0.000000391. The SMILES string of the molecule is CCCCCCCCCCCCCCCC(=O)OC(C)=O.CCCCCCCCCCCCCCCCN.CCCCCC[C@@H](O)C/C=C\CCCCCCCC(=O)O.N. The number of carbonyl (C=O) groups is 3. The lowest BCUT2D eigenvalue weighted by molar-refractivity contribution is -0.158. The van der Waals surface area contributed by atoms with Gasteiger partial charge < -0.3 is 26.8 Å². The second kappa shape index (κ2) is 59.3. The van der Waals surface area contributed by atoms with Gasteiger partial charge in [-0.2, -0.15) is 0 Å². The van der Waals surface area contributed by atoms with Gasteiger partial charge in [0.15, 0.2) is 0 Å². The highest BCUT2D eigenvalue weighted by atomic mass is 16.6. The highest BCUT2D eigenvalue weighted by Crippen LogP contribution is 2.15. The van der Waals surface area contributed by atoms with Crippen molar-refractivity contribution >= 4 is 17.9 Å². The van der Waals surface area contributed by atoms with Gasteiger partial charge in [0, 0.05) is 19.8 Å². The van der Waals surface area contributed by atoms with E-state index < -0.39 is 11.9 Å². The summed E-state index contributed by atoms with van der Waals surface area (Å²) in [5, 5.41) is 18.3. The predicted octanol–water partition coefficient (Wildman–Crippen LogP) is 16.2. The van der Waals surface area contributed by atoms with Gasteiger partial charge in [-0.15, -0.1) is 0 Å². The second-order valence-electron chi connectivity index (χ2n) is 17.3. The standard InChI is InChI=1S/2C18H34O3.C16H35N.H3N/c1-3-4-5-6-7-8-9-10-11-12-13-14-15-16-18(20)21-17(2)19;1-2-3-4-11-14-17(19)15-12-9-7-5-6-8-10-13-16-18(20)21;1-2-3-4-5-6-7-8-9-10-11-12-13-14-15-16-17;/h3-16H2,1-2H3;9,12,17,19H,2-8,10-11,13-16H2,1H3,(H,20,21);2-17H2,1H3;1H3/b;12-9-;;/t;17-;;/m.1../s1. The number of unbranched alkanes of at least 4 members (excludes halogenated alkanes) is 33. The van der Waals surface area contributed by atoms with Gasteiger partial charge in [-0.1, -0.05) is 238 Å². The van der Waals surface area contributed by atoms with E-state index in [1.807, 2.05) is 0 Å². The van der Waals surface area contributed by atoms with Crippen LogP contribution in [0.1, 0.15) is 291 Å². The number of aliphatic hydroxyl groups excluding tert-OH is 1. The van der Waals surface area contributed by atoms with Crippen molar-refractivity contribution < 1.29 is 29.3 Å². The second-order valence-corrected chi connectivity index (χ2v) is 17.3. The Morgan fingerprint density at radius 1 is 0.483 bits per heavy atom. The summed E-state index contributed by atoms with van der Waals surface area (Å²) < 4.78 is 4.48. The van der Waals surface area contributed by atoms with Gasteiger partial charge in [0.25, 0.3) is 0 Å². The van der Waals surface area contributed by atoms with Crippen LogP contribution < -0.4 is 11.9 Å². The molecule has 0 saturated heterocycles. The first kappa shape index (κ1) is 64.9. The van der Waals surface area contributed by atoms with Crippen molar-refractivity contribution in [2.45, 2.75) is 297 Å². The average molecular weight is 855 g/mol. The molecule has 0 aliphatic rings. The molecular formula is C52H106N2O6. The van der Waals surface area contributed by atoms with E-state index in [1.165, 1.54) is 193 Å². The van der Waals surface area contributed by atoms with Crippen molar-refractivity contribution in [2.75, 3.05) is 6.54 Å². The van der Waals surface area contributed by atoms with E-state index >= 15 is 0 Å². The fourth-order valence-corrected chi connectivity index (χ4v) is 7.20. The van der Waals surface area contributed by atoms with E-state index in [2.05, 4.69) is 37.7 Å². The summed E-state index contributed by atoms with van der Waals surface area (Å²) in [4.78, 5) is 32.0. The monoisotopic (exact) mass is 855 g/mol. The molecule has 0 rings (SSSR count). The summed E-state index contributed by atoms with van der Waals surface area (Å²) in [7, 11) is 0. The molecule has 0 amide bonds. The Morgan fingerprint density at radius 3 is 1.18 bits per heavy atom. The summed E-state index contributed by atoms with van der Waals surface area (Å²) in [6.07, 6.45) is 54.3. The topological polar surface area (TPSA) is 162 Å². The lowest BCUT2D eigenvalue weighted by atomic mass is 10.0. The number of ether oxygens (including phenoxy) is 1. The molecular weight excluding hydrogens is 749 g/mol. The molecule has 0 heterocycles. The summed E-state index contributed by atoms with van der Waals surface area (Å²) >= 11 is 0. The van der Waals surface area contributed by atoms with Crippen LogP contribution in [0.4, 0.5) is 0 Å². The van der Waals surface area contributed by atoms with Crippen LogP contribution in [0.3, 0.4) is 0 Å². The van der Waals surface area contributed by atoms with Gasteiger partial charge in [-0.3, -0.25) is 14.4 Å². The minimum absolute atomic E-state index is 0. The fraction of sp³-hybridized carbons (Fsp3) is 0.904. The number of carbonyl (C=O) groups excluding carboxylic acids is 2. The largest absolute Gasteiger partial charge is 0.481 e. The molecule has 7 N–H and O–H groups in total. The lowest BCUT2D eigenvalue weighted by Crippen LogP contribution is -2.08. The van der Waals surface area contributed by atoms with Crippen LogP contribution in [0.5, 0.6) is 0 Å². The number of rotatable bonds is 43. The summed E-state index contributed by atoms with van der Waals surface area (Å²) in [5.41, 5.74) is 5.47. The Labute approximate surface area is 373 Å². The van der Waals surface area contributed by atoms with Gasteiger partial charge in [0.05, 0.1) is 6.10 Å². The van der Waals surface area contributed by atoms with Gasteiger partial charge in [0.2, 0.25) is 0 Å². The summed E-state index contributed by atoms with van der Waals surface area (Å²) in [6, 6.07) is 0. The van der Waals surface area contributed by atoms with Crippen LogP contribution in [-0.4, -0.2) is 40.8 Å². The third kappa shape index (κ3) is 68.0. The molecule has 1 atom stereocenters. The maximum atomic E-state index is 11.1. The molecule has 0 aromatic carbocycles. The number of aliphatic carboxylic acids is 1. The summed E-state index contributed by atoms with van der Waals surface area (Å²) in [5.74, 6) is -1.58. The lowest BCUT2D eigenvalue weighted by Gasteiger charge is -2.07. The third-order valence-electron chi connectivity index (χ3n) is 11.0. The van der Waals surface area contributed by atoms with Crippen LogP contribution in [0, 0.1) is 0 Å². The first-order valence-corrected chi connectivity index (χ1v) is 25.7. The Morgan fingerprint density at radius 2 is 0.817 bits per heavy atom. The highest BCUT2D eigenvalue weighted by molar-refractivity contribution is 5.83. The average Bonchev–Trinajstić information content (AvgIpc) is 3.21. The zero-order valence-corrected chi connectivity index (χ0v) is 40.7. The molecule has 0 aromatic rings. The Kier molecular flexibility index (Phi) is 64.1. The molecule has 0 fully saturated rings. The normalized spacial score (nSPS) is 11.3. The molecule has 0 spiro atoms. The Bertz CT molecular complexity index is 853. The van der Waals surface area contributed by atoms with Gasteiger partial charge in [-0.25, -0.2) is 0 Å². The number of allylic oxidation sites excluding steroid dienone is 1. The van der Waals surface area contributed by atoms with E-state index in [0.717, 1.165) is 70.8 Å². The van der Waals surface area contributed by atoms with Crippen molar-refractivity contribution in [3.8, 4) is 0 Å². The van der Waals surface area contributed by atoms with Gasteiger partial charge >= 0.3 is 17.9 Å². The van der Waals surface area contributed by atoms with Crippen LogP contribution in [-0.2, 0) is 19.1 Å². The fourth-order valence-electron chi connectivity index (χ4n) is 7.20. The molecule has 0 unspecified atom stereocenters. The summed E-state index contributed by atoms with van der Waals surface area (Å²) in [6.45, 7) is 8.88. The first-order chi connectivity index (χ1) is 28.7. The number of carboxylic acids is 1. The Hall–Kier alpha value is -1.77. The minimum atomic E-state index is -0.689. The number of esters is 2. The van der Waals surface area contributed by atoms with E-state index in [0.29, 0.717) is 12.8 Å². The van der Waals surface area contributed by atoms with E-state index in [1.54, 1.807) is 0 Å². The number of hydrogen-bond donors (Lipinski definition) is 4. The minimum Gasteiger partial charge on any atom is -0.481 e. The van der Waals surface area contributed by atoms with Crippen molar-refractivity contribution in [3.05, 3.63) is 12.2 Å². The van der Waals surface area contributed by atoms with Crippen LogP contribution >= 0.6 is 0 Å². The molecule has 8 nitrogen and oxygen atoms in total. The maximum Gasteiger partial charge on any atom is 0.313 e. The molecule has 0 saturated carbocycles. The number of nitrogens with two attached hydrogens (primary N) is 1. The molecule has 360 valence electrons. The molecule has 0 aromatic heterocycles. The third-order valence-corrected chi connectivity index (χ3v) is 11.0. The smallest absolute Gasteiger partial charge is 0.313 e. The van der Waals surface area contributed by atoms with Gasteiger partial charge in [-0.05, 0) is 51.5 Å². The van der Waals surface area contributed by atoms with Crippen molar-refractivity contribution in [3.63, 3.8) is 0 Å². The predicted molar refractivity (Wildman–Crippen MR) is 260 cm³/mol. The van der Waals surface area contributed by atoms with E-state index in [4.69, 9.17) is 10.8 Å². The molecule has 60 heavy (non-hydrogen) atoms. The molecule has 0 aliphatic heterocycles. The number of carboxylic acid groups (broad SMARTS) is 1. The number of aliphatic hydroxyl groups is 1. The van der Waals surface area contributed by atoms with Crippen molar-refractivity contribution in [1.29, 1.82) is 0 Å². The zero-order chi connectivity index (χ0) is 44.1. The highest BCUT2D eigenvalue weighted by Gasteiger charge is 2.05. The molecule has 0 radical (unpaired) electrons. The van der Waals surface area contributed by atoms with Crippen molar-refractivity contribution in [2.24, 2.45) is 5.73 Å². The van der Waals surface area contributed by atoms with Crippen molar-refractivity contribution in [1.82, 2.24) is 6.15 Å². The first-order valence-electron chi connectivity index (χ1n) is 25.7. The van der Waals surface area contributed by atoms with E-state index in [9.17, 15) is 19.5 Å². The van der Waals surface area contributed by atoms with Crippen LogP contribution in [0.2, 0.25) is 0 Å². The van der Waals surface area contributed by atoms with Crippen LogP contribution in [0.15, 0.2) is 12.2 Å². The molecule has 0 bridgehead atoms. The van der Waals surface area contributed by atoms with E-state index in [-0.39, 0.29) is 18.2 Å². The van der Waals surface area contributed by atoms with Crippen LogP contribution in [0.25, 0.3) is 0 Å². The molecule has 8 heteroatoms. The quantitative estimate of drug-likeness (QED) is 0.0204. The number of hydrogen-bond acceptors (Lipinski definition) is 7.